The van der Waals surface area contributed by atoms with Crippen LogP contribution in [-0.2, 0) is 22.6 Å². The van der Waals surface area contributed by atoms with Crippen LogP contribution in [0.25, 0.3) is 0 Å². The quantitative estimate of drug-likeness (QED) is 0.475. The number of carbonyl (C=O) groups excluding carboxylic acids is 2. The number of nitrogens with one attached hydrogen (secondary N) is 1. The average molecular weight is 503 g/mol. The molecule has 1 fully saturated rings. The van der Waals surface area contributed by atoms with E-state index in [2.05, 4.69) is 5.32 Å². The van der Waals surface area contributed by atoms with E-state index in [1.807, 2.05) is 19.1 Å². The molecule has 2 amide bonds. The Kier molecular flexibility index (Phi) is 6.50. The molecule has 37 heavy (non-hydrogen) atoms. The summed E-state index contributed by atoms with van der Waals surface area (Å²) in [4.78, 5) is 41.7. The van der Waals surface area contributed by atoms with Gasteiger partial charge in [-0.1, -0.05) is 31.0 Å². The van der Waals surface area contributed by atoms with E-state index < -0.39 is 17.4 Å². The molecule has 8 heteroatoms. The maximum Gasteiger partial charge on any atom is 0.313 e. The maximum atomic E-state index is 14.1. The molecule has 0 radical (unpaired) electrons. The van der Waals surface area contributed by atoms with Crippen LogP contribution in [0.2, 0.25) is 0 Å². The summed E-state index contributed by atoms with van der Waals surface area (Å²) in [5.74, 6) is -1.18. The summed E-state index contributed by atoms with van der Waals surface area (Å²) in [6.45, 7) is 2.02. The summed E-state index contributed by atoms with van der Waals surface area (Å²) in [6, 6.07) is 14.2. The van der Waals surface area contributed by atoms with E-state index in [4.69, 9.17) is 9.15 Å². The van der Waals surface area contributed by atoms with Gasteiger partial charge in [-0.3, -0.25) is 14.4 Å². The van der Waals surface area contributed by atoms with Gasteiger partial charge in [0.2, 0.25) is 5.91 Å². The molecule has 1 atom stereocenters. The number of methoxy groups -OCH3 is 1. The minimum atomic E-state index is -0.971. The van der Waals surface area contributed by atoms with E-state index in [-0.39, 0.29) is 30.3 Å². The summed E-state index contributed by atoms with van der Waals surface area (Å²) in [7, 11) is 1.58. The number of ether oxygens (including phenoxy) is 1. The molecule has 1 saturated carbocycles. The van der Waals surface area contributed by atoms with Gasteiger partial charge in [-0.15, -0.1) is 0 Å². The molecule has 1 unspecified atom stereocenters. The van der Waals surface area contributed by atoms with Crippen molar-refractivity contribution in [2.24, 2.45) is 0 Å². The van der Waals surface area contributed by atoms with Gasteiger partial charge < -0.3 is 24.5 Å². The number of aliphatic carboxylic acids is 1. The van der Waals surface area contributed by atoms with Crippen LogP contribution in [0.15, 0.2) is 59.2 Å². The molecule has 1 aliphatic heterocycles. The molecule has 0 bridgehead atoms. The van der Waals surface area contributed by atoms with Crippen molar-refractivity contribution < 1.29 is 28.6 Å². The number of anilines is 1. The van der Waals surface area contributed by atoms with Crippen LogP contribution < -0.4 is 10.1 Å². The Bertz CT molecular complexity index is 1320. The highest BCUT2D eigenvalue weighted by atomic mass is 16.5. The normalized spacial score (nSPS) is 18.1. The lowest BCUT2D eigenvalue weighted by molar-refractivity contribution is -0.143. The van der Waals surface area contributed by atoms with E-state index in [0.717, 1.165) is 24.0 Å². The number of hydrogen-bond donors (Lipinski definition) is 2. The predicted molar refractivity (Wildman–Crippen MR) is 137 cm³/mol. The maximum absolute atomic E-state index is 14.1. The molecule has 5 rings (SSSR count). The number of fused-ring (bicyclic) bond motifs is 1. The third kappa shape index (κ3) is 4.48. The molecule has 2 heterocycles. The van der Waals surface area contributed by atoms with Crippen LogP contribution in [0.4, 0.5) is 5.69 Å². The second kappa shape index (κ2) is 9.76. The number of aryl methyl sites for hydroxylation is 1. The largest absolute Gasteiger partial charge is 0.497 e. The van der Waals surface area contributed by atoms with Crippen molar-refractivity contribution in [3.8, 4) is 5.75 Å². The SMILES string of the molecule is COc1ccc(CC(=O)Nc2cc(C)cc3c2C(=O)N(Cc2ccco2)C2(CCCC2)C3C(=O)O)cc1. The van der Waals surface area contributed by atoms with Crippen molar-refractivity contribution >= 4 is 23.5 Å². The minimum Gasteiger partial charge on any atom is -0.497 e. The highest BCUT2D eigenvalue weighted by molar-refractivity contribution is 6.08. The van der Waals surface area contributed by atoms with Crippen LogP contribution in [0.5, 0.6) is 5.75 Å². The topological polar surface area (TPSA) is 109 Å². The zero-order valence-corrected chi connectivity index (χ0v) is 21.0. The van der Waals surface area contributed by atoms with Gasteiger partial charge in [0.05, 0.1) is 43.1 Å². The predicted octanol–water partition coefficient (Wildman–Crippen LogP) is 4.91. The average Bonchev–Trinajstić information content (AvgIpc) is 3.54. The minimum absolute atomic E-state index is 0.101. The molecule has 8 nitrogen and oxygen atoms in total. The first-order valence-electron chi connectivity index (χ1n) is 12.5. The first-order valence-corrected chi connectivity index (χ1v) is 12.5. The van der Waals surface area contributed by atoms with E-state index in [1.54, 1.807) is 54.7 Å². The fourth-order valence-electron chi connectivity index (χ4n) is 5.98. The Hall–Kier alpha value is -4.07. The molecule has 2 aromatic carbocycles. The third-order valence-corrected chi connectivity index (χ3v) is 7.57. The number of benzene rings is 2. The number of amides is 2. The summed E-state index contributed by atoms with van der Waals surface area (Å²) in [5.41, 5.74) is 1.77. The van der Waals surface area contributed by atoms with Crippen molar-refractivity contribution in [1.29, 1.82) is 0 Å². The van der Waals surface area contributed by atoms with Crippen molar-refractivity contribution in [3.05, 3.63) is 82.8 Å². The molecule has 1 aromatic heterocycles. The molecular formula is C29H30N2O6. The molecule has 1 spiro atoms. The monoisotopic (exact) mass is 502 g/mol. The Labute approximate surface area is 215 Å². The lowest BCUT2D eigenvalue weighted by atomic mass is 9.70. The van der Waals surface area contributed by atoms with E-state index in [1.165, 1.54) is 0 Å². The zero-order chi connectivity index (χ0) is 26.2. The third-order valence-electron chi connectivity index (χ3n) is 7.57. The molecular weight excluding hydrogens is 472 g/mol. The van der Waals surface area contributed by atoms with Gasteiger partial charge in [0.15, 0.2) is 0 Å². The summed E-state index contributed by atoms with van der Waals surface area (Å²) >= 11 is 0. The van der Waals surface area contributed by atoms with Crippen molar-refractivity contribution in [2.45, 2.75) is 57.0 Å². The van der Waals surface area contributed by atoms with Crippen LogP contribution in [0, 0.1) is 6.92 Å². The number of nitrogens with zero attached hydrogens (tertiary/aromatic N) is 1. The first-order chi connectivity index (χ1) is 17.8. The van der Waals surface area contributed by atoms with Gasteiger partial charge in [0.25, 0.3) is 5.91 Å². The van der Waals surface area contributed by atoms with Gasteiger partial charge in [0, 0.05) is 0 Å². The smallest absolute Gasteiger partial charge is 0.313 e. The Morgan fingerprint density at radius 1 is 1.16 bits per heavy atom. The van der Waals surface area contributed by atoms with E-state index in [0.29, 0.717) is 35.6 Å². The molecule has 1 aliphatic carbocycles. The van der Waals surface area contributed by atoms with Crippen molar-refractivity contribution in [3.63, 3.8) is 0 Å². The Balaban J connectivity index is 1.55. The number of carbonyl (C=O) groups is 3. The molecule has 2 N–H and O–H groups in total. The molecule has 3 aromatic rings. The van der Waals surface area contributed by atoms with Crippen LogP contribution in [-0.4, -0.2) is 40.4 Å². The van der Waals surface area contributed by atoms with Crippen molar-refractivity contribution in [2.75, 3.05) is 12.4 Å². The van der Waals surface area contributed by atoms with Crippen LogP contribution in [0.3, 0.4) is 0 Å². The first kappa shape index (κ1) is 24.6. The number of rotatable bonds is 7. The lowest BCUT2D eigenvalue weighted by Gasteiger charge is -2.49. The van der Waals surface area contributed by atoms with Gasteiger partial charge in [-0.05, 0) is 66.8 Å². The number of carboxylic acids is 1. The summed E-state index contributed by atoms with van der Waals surface area (Å²) in [6.07, 6.45) is 4.54. The van der Waals surface area contributed by atoms with Crippen LogP contribution >= 0.6 is 0 Å². The van der Waals surface area contributed by atoms with Crippen molar-refractivity contribution in [1.82, 2.24) is 4.90 Å². The summed E-state index contributed by atoms with van der Waals surface area (Å²) < 4.78 is 10.7. The zero-order valence-electron chi connectivity index (χ0n) is 21.0. The van der Waals surface area contributed by atoms with Gasteiger partial charge >= 0.3 is 5.97 Å². The number of furan rings is 1. The van der Waals surface area contributed by atoms with Gasteiger partial charge in [0.1, 0.15) is 17.4 Å². The lowest BCUT2D eigenvalue weighted by Crippen LogP contribution is -2.58. The second-order valence-electron chi connectivity index (χ2n) is 9.90. The second-order valence-corrected chi connectivity index (χ2v) is 9.90. The fraction of sp³-hybridized carbons (Fsp3) is 0.345. The standard InChI is InChI=1S/C29H30N2O6/c1-18-14-22-25(23(15-18)30-24(32)16-19-7-9-20(36-2)10-8-19)27(33)31(17-21-6-5-13-37-21)29(11-3-4-12-29)26(22)28(34)35/h5-10,13-15,26H,3-4,11-12,16-17H2,1-2H3,(H,30,32)(H,34,35). The summed E-state index contributed by atoms with van der Waals surface area (Å²) in [5, 5.41) is 13.4. The fourth-order valence-corrected chi connectivity index (χ4v) is 5.98. The van der Waals surface area contributed by atoms with Crippen LogP contribution in [0.1, 0.15) is 64.4 Å². The number of carboxylic acid groups (broad SMARTS) is 1. The van der Waals surface area contributed by atoms with Gasteiger partial charge in [-0.2, -0.15) is 0 Å². The highest BCUT2D eigenvalue weighted by Gasteiger charge is 2.56. The highest BCUT2D eigenvalue weighted by Crippen LogP contribution is 2.52. The number of hydrogen-bond acceptors (Lipinski definition) is 5. The molecule has 192 valence electrons. The van der Waals surface area contributed by atoms with E-state index >= 15 is 0 Å². The van der Waals surface area contributed by atoms with E-state index in [9.17, 15) is 19.5 Å². The Morgan fingerprint density at radius 2 is 1.89 bits per heavy atom. The molecule has 0 saturated heterocycles. The Morgan fingerprint density at radius 3 is 2.51 bits per heavy atom. The molecule has 2 aliphatic rings. The van der Waals surface area contributed by atoms with Gasteiger partial charge in [-0.25, -0.2) is 0 Å².